The number of carbonyl (C=O) groups is 2. The van der Waals surface area contributed by atoms with Gasteiger partial charge in [0.2, 0.25) is 0 Å². The van der Waals surface area contributed by atoms with Crippen LogP contribution >= 0.6 is 12.2 Å². The van der Waals surface area contributed by atoms with Crippen LogP contribution in [0.2, 0.25) is 0 Å². The number of ether oxygens (including phenoxy) is 1. The van der Waals surface area contributed by atoms with Crippen LogP contribution in [0.4, 0.5) is 22.7 Å². The summed E-state index contributed by atoms with van der Waals surface area (Å²) >= 11 is 5.48. The lowest BCUT2D eigenvalue weighted by atomic mass is 10.1. The van der Waals surface area contributed by atoms with E-state index in [9.17, 15) is 19.7 Å². The normalized spacial score (nSPS) is 15.3. The summed E-state index contributed by atoms with van der Waals surface area (Å²) in [5.41, 5.74) is 2.83. The fourth-order valence-corrected chi connectivity index (χ4v) is 5.19. The standard InChI is InChI=1S/C29H30N6O5S/c36-27(23-20-22(35(38)39)10-11-25(23)33-16-18-40-19-17-33)31-29(41)30-24-8-4-5-9-26(24)32-12-14-34(15-13-32)28(37)21-6-2-1-3-7-21/h1-11,20H,12-19H2,(H2,30,31,36,41). The number of non-ortho nitro benzene ring substituents is 1. The number of morpholine rings is 1. The number of carbonyl (C=O) groups excluding carboxylic acids is 2. The minimum absolute atomic E-state index is 0.0122. The van der Waals surface area contributed by atoms with E-state index in [1.807, 2.05) is 64.4 Å². The monoisotopic (exact) mass is 574 g/mol. The lowest BCUT2D eigenvalue weighted by molar-refractivity contribution is -0.384. The van der Waals surface area contributed by atoms with Crippen molar-refractivity contribution < 1.29 is 19.2 Å². The van der Waals surface area contributed by atoms with Gasteiger partial charge in [0.25, 0.3) is 17.5 Å². The summed E-state index contributed by atoms with van der Waals surface area (Å²) in [5.74, 6) is -0.531. The Morgan fingerprint density at radius 1 is 0.829 bits per heavy atom. The molecular formula is C29H30N6O5S. The van der Waals surface area contributed by atoms with Gasteiger partial charge in [-0.3, -0.25) is 25.0 Å². The van der Waals surface area contributed by atoms with Gasteiger partial charge in [-0.2, -0.15) is 0 Å². The molecule has 0 unspecified atom stereocenters. The molecule has 2 saturated heterocycles. The molecule has 0 bridgehead atoms. The number of hydrogen-bond acceptors (Lipinski definition) is 8. The Kier molecular flexibility index (Phi) is 8.70. The molecule has 0 aromatic heterocycles. The van der Waals surface area contributed by atoms with E-state index in [4.69, 9.17) is 17.0 Å². The molecule has 2 aliphatic rings. The van der Waals surface area contributed by atoms with Crippen LogP contribution in [0.5, 0.6) is 0 Å². The van der Waals surface area contributed by atoms with Crippen molar-refractivity contribution in [2.45, 2.75) is 0 Å². The van der Waals surface area contributed by atoms with Gasteiger partial charge in [0.1, 0.15) is 0 Å². The van der Waals surface area contributed by atoms with Gasteiger partial charge in [0.05, 0.1) is 40.8 Å². The minimum Gasteiger partial charge on any atom is -0.378 e. The van der Waals surface area contributed by atoms with Gasteiger partial charge in [-0.15, -0.1) is 0 Å². The molecular weight excluding hydrogens is 544 g/mol. The van der Waals surface area contributed by atoms with Crippen LogP contribution in [0.1, 0.15) is 20.7 Å². The Bertz CT molecular complexity index is 1440. The zero-order valence-corrected chi connectivity index (χ0v) is 23.1. The molecule has 2 heterocycles. The van der Waals surface area contributed by atoms with Crippen molar-refractivity contribution in [1.82, 2.24) is 10.2 Å². The summed E-state index contributed by atoms with van der Waals surface area (Å²) in [6.45, 7) is 4.55. The third-order valence-electron chi connectivity index (χ3n) is 7.09. The zero-order chi connectivity index (χ0) is 28.8. The van der Waals surface area contributed by atoms with E-state index in [0.29, 0.717) is 69.4 Å². The van der Waals surface area contributed by atoms with Crippen molar-refractivity contribution in [2.75, 3.05) is 67.6 Å². The second-order valence-corrected chi connectivity index (χ2v) is 10.0. The van der Waals surface area contributed by atoms with Crippen molar-refractivity contribution in [3.05, 3.63) is 94.0 Å². The summed E-state index contributed by atoms with van der Waals surface area (Å²) < 4.78 is 5.41. The van der Waals surface area contributed by atoms with E-state index >= 15 is 0 Å². The number of nitrogens with one attached hydrogen (secondary N) is 2. The molecule has 0 spiro atoms. The molecule has 41 heavy (non-hydrogen) atoms. The van der Waals surface area contributed by atoms with E-state index in [1.165, 1.54) is 12.1 Å². The Balaban J connectivity index is 1.26. The van der Waals surface area contributed by atoms with E-state index in [-0.39, 0.29) is 22.3 Å². The quantitative estimate of drug-likeness (QED) is 0.259. The molecule has 3 aromatic carbocycles. The van der Waals surface area contributed by atoms with Crippen LogP contribution < -0.4 is 20.4 Å². The highest BCUT2D eigenvalue weighted by Crippen LogP contribution is 2.28. The van der Waals surface area contributed by atoms with Crippen LogP contribution in [0, 0.1) is 10.1 Å². The minimum atomic E-state index is -0.543. The maximum Gasteiger partial charge on any atom is 0.270 e. The molecule has 12 heteroatoms. The third kappa shape index (κ3) is 6.61. The lowest BCUT2D eigenvalue weighted by Crippen LogP contribution is -2.49. The first-order valence-electron chi connectivity index (χ1n) is 13.3. The Morgan fingerprint density at radius 2 is 1.49 bits per heavy atom. The molecule has 2 N–H and O–H groups in total. The number of anilines is 3. The lowest BCUT2D eigenvalue weighted by Gasteiger charge is -2.37. The molecule has 2 fully saturated rings. The van der Waals surface area contributed by atoms with Gasteiger partial charge in [0.15, 0.2) is 5.11 Å². The fourth-order valence-electron chi connectivity index (χ4n) is 4.99. The van der Waals surface area contributed by atoms with Crippen LogP contribution in [0.15, 0.2) is 72.8 Å². The molecule has 2 amide bonds. The number of benzene rings is 3. The maximum atomic E-state index is 13.3. The molecule has 2 aliphatic heterocycles. The van der Waals surface area contributed by atoms with Crippen LogP contribution in [-0.4, -0.2) is 79.2 Å². The van der Waals surface area contributed by atoms with Gasteiger partial charge in [-0.05, 0) is 42.5 Å². The summed E-state index contributed by atoms with van der Waals surface area (Å²) in [4.78, 5) is 43.0. The third-order valence-corrected chi connectivity index (χ3v) is 7.30. The predicted octanol–water partition coefficient (Wildman–Crippen LogP) is 3.52. The fraction of sp³-hybridized carbons (Fsp3) is 0.276. The second kappa shape index (κ2) is 12.7. The average molecular weight is 575 g/mol. The van der Waals surface area contributed by atoms with E-state index < -0.39 is 10.8 Å². The number of nitro groups is 1. The van der Waals surface area contributed by atoms with E-state index in [2.05, 4.69) is 15.5 Å². The van der Waals surface area contributed by atoms with E-state index in [0.717, 1.165) is 5.69 Å². The topological polar surface area (TPSA) is 120 Å². The summed E-state index contributed by atoms with van der Waals surface area (Å²) in [6, 6.07) is 21.1. The Morgan fingerprint density at radius 3 is 2.20 bits per heavy atom. The van der Waals surface area contributed by atoms with Crippen molar-refractivity contribution >= 4 is 51.9 Å². The van der Waals surface area contributed by atoms with Crippen molar-refractivity contribution in [3.8, 4) is 0 Å². The maximum absolute atomic E-state index is 13.3. The molecule has 3 aromatic rings. The first-order chi connectivity index (χ1) is 19.9. The molecule has 0 atom stereocenters. The predicted molar refractivity (Wildman–Crippen MR) is 161 cm³/mol. The van der Waals surface area contributed by atoms with Gasteiger partial charge >= 0.3 is 0 Å². The second-order valence-electron chi connectivity index (χ2n) is 9.63. The number of amides is 2. The Hall–Kier alpha value is -4.55. The SMILES string of the molecule is O=C(NC(=S)Nc1ccccc1N1CCN(C(=O)c2ccccc2)CC1)c1cc([N+](=O)[O-])ccc1N1CCOCC1. The highest BCUT2D eigenvalue weighted by atomic mass is 32.1. The number of nitro benzene ring substituents is 1. The largest absolute Gasteiger partial charge is 0.378 e. The molecule has 11 nitrogen and oxygen atoms in total. The first-order valence-corrected chi connectivity index (χ1v) is 13.7. The average Bonchev–Trinajstić information content (AvgIpc) is 3.01. The molecule has 212 valence electrons. The van der Waals surface area contributed by atoms with Crippen molar-refractivity contribution in [3.63, 3.8) is 0 Å². The Labute approximate surface area is 242 Å². The highest BCUT2D eigenvalue weighted by Gasteiger charge is 2.25. The van der Waals surface area contributed by atoms with Gasteiger partial charge in [0, 0.05) is 57.0 Å². The summed E-state index contributed by atoms with van der Waals surface area (Å²) in [7, 11) is 0. The van der Waals surface area contributed by atoms with Gasteiger partial charge in [-0.25, -0.2) is 0 Å². The van der Waals surface area contributed by atoms with Crippen molar-refractivity contribution in [1.29, 1.82) is 0 Å². The molecule has 0 radical (unpaired) electrons. The first kappa shape index (κ1) is 28.0. The van der Waals surface area contributed by atoms with Crippen LogP contribution in [0.25, 0.3) is 0 Å². The van der Waals surface area contributed by atoms with Crippen LogP contribution in [0.3, 0.4) is 0 Å². The van der Waals surface area contributed by atoms with Gasteiger partial charge in [-0.1, -0.05) is 30.3 Å². The highest BCUT2D eigenvalue weighted by molar-refractivity contribution is 7.80. The number of rotatable bonds is 6. The molecule has 0 saturated carbocycles. The molecule has 0 aliphatic carbocycles. The van der Waals surface area contributed by atoms with E-state index in [1.54, 1.807) is 6.07 Å². The molecule has 5 rings (SSSR count). The number of nitrogens with zero attached hydrogens (tertiary/aromatic N) is 4. The van der Waals surface area contributed by atoms with Gasteiger partial charge < -0.3 is 24.8 Å². The number of hydrogen-bond donors (Lipinski definition) is 2. The summed E-state index contributed by atoms with van der Waals surface area (Å²) in [6.07, 6.45) is 0. The zero-order valence-electron chi connectivity index (χ0n) is 22.3. The van der Waals surface area contributed by atoms with Crippen LogP contribution in [-0.2, 0) is 4.74 Å². The number of thiocarbonyl (C=S) groups is 1. The number of para-hydroxylation sites is 2. The number of piperazine rings is 1. The summed E-state index contributed by atoms with van der Waals surface area (Å²) in [5, 5.41) is 17.3. The van der Waals surface area contributed by atoms with Crippen molar-refractivity contribution in [2.24, 2.45) is 0 Å². The smallest absolute Gasteiger partial charge is 0.270 e.